The van der Waals surface area contributed by atoms with Crippen LogP contribution >= 0.6 is 0 Å². The van der Waals surface area contributed by atoms with E-state index in [1.807, 2.05) is 13.0 Å². The molecule has 4 rings (SSSR count). The molecule has 0 heterocycles. The molecule has 4 atom stereocenters. The average molecular weight is 497 g/mol. The Kier molecular flexibility index (Phi) is 6.34. The Morgan fingerprint density at radius 1 is 1.25 bits per heavy atom. The monoisotopic (exact) mass is 496 g/mol. The number of phenols is 1. The number of benzene rings is 1. The molecule has 6 N–H and O–H groups in total. The van der Waals surface area contributed by atoms with Crippen molar-refractivity contribution in [2.75, 3.05) is 14.1 Å². The first-order chi connectivity index (χ1) is 16.9. The highest BCUT2D eigenvalue weighted by Crippen LogP contribution is 2.52. The molecule has 36 heavy (non-hydrogen) atoms. The number of hydrogen-bond donors (Lipinski definition) is 5. The third kappa shape index (κ3) is 3.41. The topological polar surface area (TPSA) is 161 Å². The minimum atomic E-state index is -2.63. The van der Waals surface area contributed by atoms with Crippen molar-refractivity contribution in [2.45, 2.75) is 51.2 Å². The molecular weight excluding hydrogens is 464 g/mol. The van der Waals surface area contributed by atoms with E-state index in [2.05, 4.69) is 0 Å². The third-order valence-corrected chi connectivity index (χ3v) is 7.71. The molecule has 1 aromatic rings. The van der Waals surface area contributed by atoms with Crippen molar-refractivity contribution in [3.63, 3.8) is 0 Å². The van der Waals surface area contributed by atoms with Crippen LogP contribution in [0.15, 0.2) is 34.8 Å². The van der Waals surface area contributed by atoms with Gasteiger partial charge in [0.25, 0.3) is 5.91 Å². The number of carbonyl (C=O) groups excluding carboxylic acids is 3. The number of rotatable bonds is 5. The van der Waals surface area contributed by atoms with Crippen LogP contribution in [0.3, 0.4) is 0 Å². The fourth-order valence-electron chi connectivity index (χ4n) is 6.22. The smallest absolute Gasteiger partial charge is 0.255 e. The van der Waals surface area contributed by atoms with Gasteiger partial charge in [-0.1, -0.05) is 25.5 Å². The predicted octanol–water partition coefficient (Wildman–Crippen LogP) is 2.11. The second-order valence-corrected chi connectivity index (χ2v) is 10.0. The Balaban J connectivity index is 1.98. The van der Waals surface area contributed by atoms with E-state index < -0.39 is 58.0 Å². The highest BCUT2D eigenvalue weighted by molar-refractivity contribution is 6.24. The molecule has 0 radical (unpaired) electrons. The van der Waals surface area contributed by atoms with E-state index in [9.17, 15) is 34.8 Å². The lowest BCUT2D eigenvalue weighted by Gasteiger charge is -2.50. The average Bonchev–Trinajstić information content (AvgIpc) is 2.79. The van der Waals surface area contributed by atoms with Gasteiger partial charge in [-0.3, -0.25) is 19.3 Å². The first kappa shape index (κ1) is 25.7. The van der Waals surface area contributed by atoms with Gasteiger partial charge in [-0.25, -0.2) is 0 Å². The second-order valence-electron chi connectivity index (χ2n) is 10.0. The molecule has 3 aliphatic rings. The van der Waals surface area contributed by atoms with Crippen molar-refractivity contribution >= 4 is 23.5 Å². The van der Waals surface area contributed by atoms with Gasteiger partial charge in [0.05, 0.1) is 11.6 Å². The molecule has 192 valence electrons. The number of fused-ring (bicyclic) bond motifs is 3. The number of likely N-dealkylation sites (N-methyl/N-ethyl adjacent to an activating group) is 1. The number of ketones is 2. The SMILES string of the molecule is C/C=C/c1cc(CCC)c2c(c1O)C(=O)C1=C(O)[C@]3(O)C(=O)C(C(N)=O)=C(O)[C@@H](N(C)C)[C@@H]3C[C@@H]1C2. The number of aromatic hydroxyl groups is 1. The van der Waals surface area contributed by atoms with Crippen LogP contribution in [0.5, 0.6) is 5.75 Å². The maximum Gasteiger partial charge on any atom is 0.255 e. The van der Waals surface area contributed by atoms with Gasteiger partial charge >= 0.3 is 0 Å². The largest absolute Gasteiger partial charge is 0.510 e. The summed E-state index contributed by atoms with van der Waals surface area (Å²) in [7, 11) is 3.21. The Labute approximate surface area is 209 Å². The number of allylic oxidation sites excluding steroid dienone is 2. The standard InChI is InChI=1S/C27H32N2O7/c1-5-7-12-9-13(8-6-2)21(30)18-15(12)10-14-11-16-20(29(3)4)23(32)19(26(28)35)25(34)27(16,36)24(33)17(14)22(18)31/h6,8-9,14,16,20,30,32-33,36H,5,7,10-11H2,1-4H3,(H2,28,35)/b8-6+/t14-,16-,20-,27-/m0/s1. The minimum Gasteiger partial charge on any atom is -0.510 e. The number of nitrogens with two attached hydrogens (primary N) is 1. The zero-order valence-electron chi connectivity index (χ0n) is 20.8. The second kappa shape index (κ2) is 8.90. The zero-order chi connectivity index (χ0) is 26.7. The minimum absolute atomic E-state index is 0.0508. The summed E-state index contributed by atoms with van der Waals surface area (Å²) in [5.74, 6) is -6.40. The number of Topliss-reactive ketones (excluding diaryl/α,β-unsaturated/α-hetero) is 2. The fraction of sp³-hybridized carbons (Fsp3) is 0.444. The third-order valence-electron chi connectivity index (χ3n) is 7.71. The Morgan fingerprint density at radius 2 is 1.92 bits per heavy atom. The van der Waals surface area contributed by atoms with E-state index in [4.69, 9.17) is 5.73 Å². The van der Waals surface area contributed by atoms with Crippen LogP contribution < -0.4 is 5.73 Å². The molecule has 0 spiro atoms. The molecule has 0 unspecified atom stereocenters. The van der Waals surface area contributed by atoms with Gasteiger partial charge in [0.2, 0.25) is 5.78 Å². The van der Waals surface area contributed by atoms with Gasteiger partial charge in [-0.15, -0.1) is 0 Å². The maximum atomic E-state index is 13.8. The van der Waals surface area contributed by atoms with Crippen molar-refractivity contribution in [2.24, 2.45) is 17.6 Å². The maximum absolute atomic E-state index is 13.8. The summed E-state index contributed by atoms with van der Waals surface area (Å²) in [6.45, 7) is 3.80. The molecule has 0 saturated heterocycles. The molecule has 1 amide bonds. The van der Waals surface area contributed by atoms with E-state index in [0.717, 1.165) is 12.0 Å². The summed E-state index contributed by atoms with van der Waals surface area (Å²) in [4.78, 5) is 40.8. The molecule has 0 bridgehead atoms. The van der Waals surface area contributed by atoms with Crippen LogP contribution in [-0.2, 0) is 22.4 Å². The van der Waals surface area contributed by atoms with Gasteiger partial charge in [-0.2, -0.15) is 0 Å². The zero-order valence-corrected chi connectivity index (χ0v) is 20.8. The van der Waals surface area contributed by atoms with Crippen LogP contribution in [-0.4, -0.2) is 68.5 Å². The lowest BCUT2D eigenvalue weighted by molar-refractivity contribution is -0.148. The summed E-state index contributed by atoms with van der Waals surface area (Å²) in [6.07, 6.45) is 5.29. The van der Waals surface area contributed by atoms with Gasteiger partial charge < -0.3 is 26.2 Å². The number of aryl methyl sites for hydroxylation is 1. The van der Waals surface area contributed by atoms with Crippen molar-refractivity contribution in [1.29, 1.82) is 0 Å². The number of primary amides is 1. The Bertz CT molecular complexity index is 1270. The molecule has 0 aliphatic heterocycles. The summed E-state index contributed by atoms with van der Waals surface area (Å²) in [5.41, 5.74) is 3.87. The highest BCUT2D eigenvalue weighted by Gasteiger charge is 2.63. The molecule has 9 heteroatoms. The Hall–Kier alpha value is -3.43. The van der Waals surface area contributed by atoms with E-state index in [0.29, 0.717) is 24.0 Å². The first-order valence-corrected chi connectivity index (χ1v) is 12.1. The summed E-state index contributed by atoms with van der Waals surface area (Å²) in [5, 5.41) is 44.9. The molecule has 0 aromatic heterocycles. The molecular formula is C27H32N2O7. The number of nitrogens with zero attached hydrogens (tertiary/aromatic N) is 1. The van der Waals surface area contributed by atoms with Crippen LogP contribution in [0.2, 0.25) is 0 Å². The molecule has 9 nitrogen and oxygen atoms in total. The van der Waals surface area contributed by atoms with Crippen LogP contribution in [0.25, 0.3) is 6.08 Å². The van der Waals surface area contributed by atoms with Crippen molar-refractivity contribution in [3.05, 3.63) is 57.1 Å². The van der Waals surface area contributed by atoms with Crippen LogP contribution in [0.4, 0.5) is 0 Å². The number of carbonyl (C=O) groups is 3. The molecule has 3 aliphatic carbocycles. The molecule has 0 saturated carbocycles. The lowest BCUT2D eigenvalue weighted by atomic mass is 9.58. The number of aliphatic hydroxyl groups is 3. The summed E-state index contributed by atoms with van der Waals surface area (Å²) >= 11 is 0. The van der Waals surface area contributed by atoms with Crippen molar-refractivity contribution in [3.8, 4) is 5.75 Å². The Morgan fingerprint density at radius 3 is 2.47 bits per heavy atom. The van der Waals surface area contributed by atoms with Gasteiger partial charge in [0.15, 0.2) is 11.4 Å². The van der Waals surface area contributed by atoms with Crippen molar-refractivity contribution in [1.82, 2.24) is 4.90 Å². The van der Waals surface area contributed by atoms with E-state index in [1.54, 1.807) is 33.2 Å². The number of phenolic OH excluding ortho intramolecular Hbond substituents is 1. The van der Waals surface area contributed by atoms with Gasteiger partial charge in [0.1, 0.15) is 22.8 Å². The van der Waals surface area contributed by atoms with E-state index in [1.165, 1.54) is 4.90 Å². The quantitative estimate of drug-likeness (QED) is 0.387. The highest BCUT2D eigenvalue weighted by atomic mass is 16.3. The first-order valence-electron chi connectivity index (χ1n) is 12.1. The lowest BCUT2D eigenvalue weighted by Crippen LogP contribution is -2.63. The number of hydrogen-bond acceptors (Lipinski definition) is 8. The number of amides is 1. The summed E-state index contributed by atoms with van der Waals surface area (Å²) in [6, 6.07) is 0.857. The van der Waals surface area contributed by atoms with Gasteiger partial charge in [0, 0.05) is 17.1 Å². The normalized spacial score (nSPS) is 28.0. The number of aliphatic hydroxyl groups excluding tert-OH is 2. The molecule has 1 aromatic carbocycles. The van der Waals surface area contributed by atoms with E-state index >= 15 is 0 Å². The summed E-state index contributed by atoms with van der Waals surface area (Å²) < 4.78 is 0. The fourth-order valence-corrected chi connectivity index (χ4v) is 6.22. The van der Waals surface area contributed by atoms with Crippen LogP contribution in [0.1, 0.15) is 53.7 Å². The predicted molar refractivity (Wildman–Crippen MR) is 132 cm³/mol. The van der Waals surface area contributed by atoms with Crippen molar-refractivity contribution < 1.29 is 34.8 Å². The van der Waals surface area contributed by atoms with E-state index in [-0.39, 0.29) is 23.3 Å². The molecule has 0 fully saturated rings. The van der Waals surface area contributed by atoms with Crippen LogP contribution in [0, 0.1) is 11.8 Å². The van der Waals surface area contributed by atoms with Gasteiger partial charge in [-0.05, 0) is 63.4 Å².